The average molecular weight is 406 g/mol. The number of thiophene rings is 1. The normalized spacial score (nSPS) is 28.0. The van der Waals surface area contributed by atoms with Crippen LogP contribution in [0.25, 0.3) is 0 Å². The molecule has 2 saturated carbocycles. The van der Waals surface area contributed by atoms with E-state index >= 15 is 0 Å². The van der Waals surface area contributed by atoms with Gasteiger partial charge in [0.15, 0.2) is 0 Å². The summed E-state index contributed by atoms with van der Waals surface area (Å²) < 4.78 is 5.38. The van der Waals surface area contributed by atoms with Gasteiger partial charge < -0.3 is 15.2 Å². The minimum absolute atomic E-state index is 0.101. The van der Waals surface area contributed by atoms with Crippen molar-refractivity contribution >= 4 is 34.2 Å². The van der Waals surface area contributed by atoms with Crippen LogP contribution in [0.1, 0.15) is 66.2 Å². The lowest BCUT2D eigenvalue weighted by atomic mass is 9.78. The molecule has 1 heterocycles. The van der Waals surface area contributed by atoms with Crippen molar-refractivity contribution in [2.45, 2.75) is 58.3 Å². The molecule has 0 radical (unpaired) electrons. The highest BCUT2D eigenvalue weighted by molar-refractivity contribution is 7.17. The van der Waals surface area contributed by atoms with Crippen molar-refractivity contribution in [2.24, 2.45) is 23.7 Å². The van der Waals surface area contributed by atoms with Crippen LogP contribution in [0, 0.1) is 23.7 Å². The Bertz CT molecular complexity index is 801. The Kier molecular flexibility index (Phi) is 5.45. The standard InChI is InChI=1S/C21H27NO5S/c1-2-9-27-21(26)17-13-5-3-4-6-14(13)28-19(17)22-18(23)15-11-7-8-12(10-11)16(15)20(24)25/h11-12,15-16H,2-10H2,1H3,(H,22,23)(H,24,25)/t11-,12+,15+,16+/m1/s1. The van der Waals surface area contributed by atoms with Gasteiger partial charge in [0, 0.05) is 4.88 Å². The molecule has 0 aromatic carbocycles. The number of esters is 1. The summed E-state index contributed by atoms with van der Waals surface area (Å²) in [6.45, 7) is 2.30. The second-order valence-corrected chi connectivity index (χ2v) is 9.37. The van der Waals surface area contributed by atoms with Crippen LogP contribution in [0.2, 0.25) is 0 Å². The van der Waals surface area contributed by atoms with E-state index in [1.54, 1.807) is 0 Å². The Balaban J connectivity index is 1.60. The number of aliphatic carboxylic acids is 1. The lowest BCUT2D eigenvalue weighted by Crippen LogP contribution is -2.38. The lowest BCUT2D eigenvalue weighted by molar-refractivity contribution is -0.148. The quantitative estimate of drug-likeness (QED) is 0.701. The van der Waals surface area contributed by atoms with Crippen molar-refractivity contribution in [3.63, 3.8) is 0 Å². The van der Waals surface area contributed by atoms with E-state index in [4.69, 9.17) is 4.74 Å². The molecule has 0 saturated heterocycles. The number of anilines is 1. The van der Waals surface area contributed by atoms with Crippen LogP contribution in [-0.2, 0) is 27.2 Å². The number of carboxylic acids is 1. The molecule has 0 unspecified atom stereocenters. The zero-order valence-electron chi connectivity index (χ0n) is 16.2. The summed E-state index contributed by atoms with van der Waals surface area (Å²) in [4.78, 5) is 38.7. The fourth-order valence-corrected chi connectivity index (χ4v) is 6.64. The molecule has 2 bridgehead atoms. The Hall–Kier alpha value is -1.89. The van der Waals surface area contributed by atoms with Gasteiger partial charge in [0.25, 0.3) is 0 Å². The number of carbonyl (C=O) groups excluding carboxylic acids is 2. The van der Waals surface area contributed by atoms with Gasteiger partial charge in [-0.05, 0) is 68.8 Å². The molecule has 3 aliphatic carbocycles. The van der Waals surface area contributed by atoms with Crippen LogP contribution in [0.3, 0.4) is 0 Å². The molecule has 152 valence electrons. The van der Waals surface area contributed by atoms with Crippen molar-refractivity contribution in [3.05, 3.63) is 16.0 Å². The Labute approximate surface area is 168 Å². The third kappa shape index (κ3) is 3.34. The van der Waals surface area contributed by atoms with Crippen LogP contribution in [0.5, 0.6) is 0 Å². The molecular formula is C21H27NO5S. The van der Waals surface area contributed by atoms with E-state index in [2.05, 4.69) is 5.32 Å². The second kappa shape index (κ2) is 7.85. The van der Waals surface area contributed by atoms with Crippen LogP contribution < -0.4 is 5.32 Å². The van der Waals surface area contributed by atoms with E-state index in [0.717, 1.165) is 61.8 Å². The molecule has 0 aliphatic heterocycles. The van der Waals surface area contributed by atoms with Crippen molar-refractivity contribution in [1.29, 1.82) is 0 Å². The first-order valence-electron chi connectivity index (χ1n) is 10.4. The molecule has 2 fully saturated rings. The summed E-state index contributed by atoms with van der Waals surface area (Å²) in [5, 5.41) is 13.1. The minimum atomic E-state index is -0.875. The van der Waals surface area contributed by atoms with E-state index < -0.39 is 17.8 Å². The van der Waals surface area contributed by atoms with Crippen molar-refractivity contribution in [3.8, 4) is 0 Å². The van der Waals surface area contributed by atoms with Gasteiger partial charge in [0.05, 0.1) is 24.0 Å². The van der Waals surface area contributed by atoms with Crippen molar-refractivity contribution in [2.75, 3.05) is 11.9 Å². The van der Waals surface area contributed by atoms with Gasteiger partial charge >= 0.3 is 11.9 Å². The van der Waals surface area contributed by atoms with E-state index in [1.165, 1.54) is 11.3 Å². The molecule has 3 aliphatic rings. The van der Waals surface area contributed by atoms with Crippen LogP contribution in [0.15, 0.2) is 0 Å². The maximum Gasteiger partial charge on any atom is 0.341 e. The van der Waals surface area contributed by atoms with Gasteiger partial charge in [0.1, 0.15) is 5.00 Å². The number of ether oxygens (including phenoxy) is 1. The first-order chi connectivity index (χ1) is 13.5. The number of rotatable bonds is 6. The zero-order valence-corrected chi connectivity index (χ0v) is 17.0. The summed E-state index contributed by atoms with van der Waals surface area (Å²) in [5.74, 6) is -2.37. The van der Waals surface area contributed by atoms with Gasteiger partial charge in [-0.1, -0.05) is 6.92 Å². The van der Waals surface area contributed by atoms with Gasteiger partial charge in [-0.15, -0.1) is 11.3 Å². The van der Waals surface area contributed by atoms with E-state index in [0.29, 0.717) is 17.2 Å². The van der Waals surface area contributed by atoms with Gasteiger partial charge in [-0.3, -0.25) is 9.59 Å². The highest BCUT2D eigenvalue weighted by Crippen LogP contribution is 2.53. The molecule has 1 amide bonds. The predicted molar refractivity (Wildman–Crippen MR) is 106 cm³/mol. The maximum absolute atomic E-state index is 13.1. The highest BCUT2D eigenvalue weighted by atomic mass is 32.1. The zero-order chi connectivity index (χ0) is 19.8. The third-order valence-electron chi connectivity index (χ3n) is 6.55. The molecule has 0 spiro atoms. The highest BCUT2D eigenvalue weighted by Gasteiger charge is 2.54. The first-order valence-corrected chi connectivity index (χ1v) is 11.2. The molecular weight excluding hydrogens is 378 g/mol. The Morgan fingerprint density at radius 2 is 1.86 bits per heavy atom. The second-order valence-electron chi connectivity index (χ2n) is 8.26. The minimum Gasteiger partial charge on any atom is -0.481 e. The molecule has 7 heteroatoms. The summed E-state index contributed by atoms with van der Waals surface area (Å²) >= 11 is 1.46. The number of fused-ring (bicyclic) bond motifs is 3. The number of carboxylic acid groups (broad SMARTS) is 1. The smallest absolute Gasteiger partial charge is 0.341 e. The summed E-state index contributed by atoms with van der Waals surface area (Å²) in [6.07, 6.45) is 7.22. The molecule has 4 rings (SSSR count). The number of nitrogens with one attached hydrogen (secondary N) is 1. The summed E-state index contributed by atoms with van der Waals surface area (Å²) in [5.41, 5.74) is 1.51. The number of aryl methyl sites for hydroxylation is 1. The molecule has 1 aromatic heterocycles. The van der Waals surface area contributed by atoms with Crippen LogP contribution >= 0.6 is 11.3 Å². The molecule has 2 N–H and O–H groups in total. The fourth-order valence-electron chi connectivity index (χ4n) is 5.36. The van der Waals surface area contributed by atoms with Crippen molar-refractivity contribution < 1.29 is 24.2 Å². The molecule has 4 atom stereocenters. The van der Waals surface area contributed by atoms with Gasteiger partial charge in [0.2, 0.25) is 5.91 Å². The third-order valence-corrected chi connectivity index (χ3v) is 7.76. The topological polar surface area (TPSA) is 92.7 Å². The van der Waals surface area contributed by atoms with E-state index in [-0.39, 0.29) is 23.7 Å². The van der Waals surface area contributed by atoms with Gasteiger partial charge in [-0.2, -0.15) is 0 Å². The maximum atomic E-state index is 13.1. The number of amides is 1. The van der Waals surface area contributed by atoms with Crippen LogP contribution in [-0.4, -0.2) is 29.6 Å². The lowest BCUT2D eigenvalue weighted by Gasteiger charge is -2.27. The Morgan fingerprint density at radius 3 is 2.57 bits per heavy atom. The SMILES string of the molecule is CCCOC(=O)c1c(NC(=O)[C@H]2[C@@H]3CC[C@@H](C3)[C@@H]2C(=O)O)sc2c1CCCC2. The molecule has 1 aromatic rings. The number of hydrogen-bond acceptors (Lipinski definition) is 5. The monoisotopic (exact) mass is 405 g/mol. The molecule has 28 heavy (non-hydrogen) atoms. The average Bonchev–Trinajstić information content (AvgIpc) is 3.37. The van der Waals surface area contributed by atoms with E-state index in [1.807, 2.05) is 6.92 Å². The largest absolute Gasteiger partial charge is 0.481 e. The number of carbonyl (C=O) groups is 3. The van der Waals surface area contributed by atoms with Crippen LogP contribution in [0.4, 0.5) is 5.00 Å². The fraction of sp³-hybridized carbons (Fsp3) is 0.667. The van der Waals surface area contributed by atoms with Crippen molar-refractivity contribution in [1.82, 2.24) is 0 Å². The Morgan fingerprint density at radius 1 is 1.14 bits per heavy atom. The number of hydrogen-bond donors (Lipinski definition) is 2. The van der Waals surface area contributed by atoms with Gasteiger partial charge in [-0.25, -0.2) is 4.79 Å². The summed E-state index contributed by atoms with van der Waals surface area (Å²) in [7, 11) is 0. The summed E-state index contributed by atoms with van der Waals surface area (Å²) in [6, 6.07) is 0. The first kappa shape index (κ1) is 19.4. The molecule has 6 nitrogen and oxygen atoms in total. The van der Waals surface area contributed by atoms with E-state index in [9.17, 15) is 19.5 Å². The predicted octanol–water partition coefficient (Wildman–Crippen LogP) is 3.88.